The fourth-order valence-electron chi connectivity index (χ4n) is 3.11. The smallest absolute Gasteiger partial charge is 0.251 e. The van der Waals surface area contributed by atoms with Crippen molar-refractivity contribution >= 4 is 11.8 Å². The molecule has 1 aromatic carbocycles. The average molecular weight is 361 g/mol. The van der Waals surface area contributed by atoms with Crippen LogP contribution in [0.4, 0.5) is 0 Å². The number of hydrogen-bond acceptors (Lipinski definition) is 4. The van der Waals surface area contributed by atoms with Gasteiger partial charge in [-0.2, -0.15) is 0 Å². The van der Waals surface area contributed by atoms with Gasteiger partial charge in [-0.15, -0.1) is 0 Å². The summed E-state index contributed by atoms with van der Waals surface area (Å²) in [5.41, 5.74) is 1.57. The first-order valence-electron chi connectivity index (χ1n) is 9.54. The highest BCUT2D eigenvalue weighted by Gasteiger charge is 2.14. The van der Waals surface area contributed by atoms with Gasteiger partial charge in [0.15, 0.2) is 0 Å². The molecule has 2 rings (SSSR count). The fourth-order valence-corrected chi connectivity index (χ4v) is 3.11. The van der Waals surface area contributed by atoms with E-state index in [0.717, 1.165) is 44.5 Å². The Morgan fingerprint density at radius 3 is 2.69 bits per heavy atom. The maximum Gasteiger partial charge on any atom is 0.251 e. The average Bonchev–Trinajstić information content (AvgIpc) is 2.65. The van der Waals surface area contributed by atoms with Crippen LogP contribution in [0.5, 0.6) is 0 Å². The van der Waals surface area contributed by atoms with Crippen molar-refractivity contribution in [2.24, 2.45) is 5.92 Å². The van der Waals surface area contributed by atoms with E-state index in [2.05, 4.69) is 16.0 Å². The predicted octanol–water partition coefficient (Wildman–Crippen LogP) is 1.37. The molecule has 1 saturated heterocycles. The highest BCUT2D eigenvalue weighted by molar-refractivity contribution is 5.94. The van der Waals surface area contributed by atoms with Gasteiger partial charge in [0.2, 0.25) is 5.91 Å². The Labute approximate surface area is 156 Å². The summed E-state index contributed by atoms with van der Waals surface area (Å²) in [6, 6.07) is 7.44. The lowest BCUT2D eigenvalue weighted by atomic mass is 9.93. The van der Waals surface area contributed by atoms with E-state index in [4.69, 9.17) is 0 Å². The van der Waals surface area contributed by atoms with Crippen molar-refractivity contribution in [3.63, 3.8) is 0 Å². The Morgan fingerprint density at radius 2 is 1.96 bits per heavy atom. The van der Waals surface area contributed by atoms with Crippen molar-refractivity contribution in [3.05, 3.63) is 35.4 Å². The minimum absolute atomic E-state index is 0.0778. The summed E-state index contributed by atoms with van der Waals surface area (Å²) in [6.07, 6.45) is 3.87. The summed E-state index contributed by atoms with van der Waals surface area (Å²) in [5, 5.41) is 9.22. The first kappa shape index (κ1) is 20.4. The van der Waals surface area contributed by atoms with Gasteiger partial charge in [0.25, 0.3) is 5.91 Å². The molecule has 1 fully saturated rings. The first-order chi connectivity index (χ1) is 12.5. The lowest BCUT2D eigenvalue weighted by molar-refractivity contribution is -0.121. The van der Waals surface area contributed by atoms with Crippen molar-refractivity contribution in [2.45, 2.75) is 32.2 Å². The lowest BCUT2D eigenvalue weighted by Gasteiger charge is -2.22. The van der Waals surface area contributed by atoms with Crippen LogP contribution in [0.1, 0.15) is 41.6 Å². The number of piperidine rings is 1. The molecule has 1 aliphatic heterocycles. The van der Waals surface area contributed by atoms with Crippen LogP contribution in [0.2, 0.25) is 0 Å². The number of amides is 2. The minimum atomic E-state index is -0.0778. The van der Waals surface area contributed by atoms with Crippen LogP contribution >= 0.6 is 0 Å². The highest BCUT2D eigenvalue weighted by atomic mass is 16.2. The second kappa shape index (κ2) is 10.9. The van der Waals surface area contributed by atoms with E-state index in [9.17, 15) is 9.59 Å². The zero-order chi connectivity index (χ0) is 18.8. The van der Waals surface area contributed by atoms with Crippen LogP contribution in [-0.2, 0) is 11.3 Å². The largest absolute Gasteiger partial charge is 0.352 e. The van der Waals surface area contributed by atoms with Gasteiger partial charge >= 0.3 is 0 Å². The molecule has 0 unspecified atom stereocenters. The molecule has 6 nitrogen and oxygen atoms in total. The van der Waals surface area contributed by atoms with E-state index in [-0.39, 0.29) is 11.8 Å². The number of benzene rings is 1. The van der Waals surface area contributed by atoms with E-state index in [1.54, 1.807) is 6.07 Å². The third kappa shape index (κ3) is 7.54. The zero-order valence-electron chi connectivity index (χ0n) is 16.0. The molecule has 0 aromatic heterocycles. The van der Waals surface area contributed by atoms with E-state index in [1.807, 2.05) is 37.2 Å². The standard InChI is InChI=1S/C20H32N4O2/c1-24(2)13-12-22-20(26)18-5-3-4-17(14-18)15-23-19(25)7-6-16-8-10-21-11-9-16/h3-5,14,16,21H,6-13,15H2,1-2H3,(H,22,26)(H,23,25). The van der Waals surface area contributed by atoms with E-state index < -0.39 is 0 Å². The number of carbonyl (C=O) groups excluding carboxylic acids is 2. The summed E-state index contributed by atoms with van der Waals surface area (Å²) in [5.74, 6) is 0.673. The van der Waals surface area contributed by atoms with Gasteiger partial charge in [-0.3, -0.25) is 9.59 Å². The van der Waals surface area contributed by atoms with E-state index >= 15 is 0 Å². The number of likely N-dealkylation sites (N-methyl/N-ethyl adjacent to an activating group) is 1. The van der Waals surface area contributed by atoms with Gasteiger partial charge in [0, 0.05) is 31.6 Å². The topological polar surface area (TPSA) is 73.5 Å². The Hall–Kier alpha value is -1.92. The maximum absolute atomic E-state index is 12.2. The number of hydrogen-bond donors (Lipinski definition) is 3. The normalized spacial score (nSPS) is 15.0. The third-order valence-corrected chi connectivity index (χ3v) is 4.76. The molecule has 0 radical (unpaired) electrons. The van der Waals surface area contributed by atoms with Crippen molar-refractivity contribution in [1.29, 1.82) is 0 Å². The lowest BCUT2D eigenvalue weighted by Crippen LogP contribution is -2.31. The second-order valence-corrected chi connectivity index (χ2v) is 7.27. The fraction of sp³-hybridized carbons (Fsp3) is 0.600. The molecule has 6 heteroatoms. The van der Waals surface area contributed by atoms with E-state index in [0.29, 0.717) is 31.0 Å². The molecule has 0 saturated carbocycles. The SMILES string of the molecule is CN(C)CCNC(=O)c1cccc(CNC(=O)CCC2CCNCC2)c1. The number of nitrogens with zero attached hydrogens (tertiary/aromatic N) is 1. The van der Waals surface area contributed by atoms with Crippen molar-refractivity contribution in [1.82, 2.24) is 20.9 Å². The van der Waals surface area contributed by atoms with Gasteiger partial charge in [0.1, 0.15) is 0 Å². The molecule has 1 heterocycles. The van der Waals surface area contributed by atoms with Gasteiger partial charge in [-0.1, -0.05) is 12.1 Å². The molecule has 3 N–H and O–H groups in total. The number of rotatable bonds is 9. The Balaban J connectivity index is 1.73. The summed E-state index contributed by atoms with van der Waals surface area (Å²) in [6.45, 7) is 4.01. The van der Waals surface area contributed by atoms with Crippen LogP contribution in [0.15, 0.2) is 24.3 Å². The molecule has 144 valence electrons. The summed E-state index contributed by atoms with van der Waals surface area (Å²) in [7, 11) is 3.95. The molecule has 2 amide bonds. The first-order valence-corrected chi connectivity index (χ1v) is 9.54. The zero-order valence-corrected chi connectivity index (χ0v) is 16.0. The van der Waals surface area contributed by atoms with Gasteiger partial charge < -0.3 is 20.9 Å². The molecule has 26 heavy (non-hydrogen) atoms. The molecule has 1 aliphatic rings. The van der Waals surface area contributed by atoms with Crippen molar-refractivity contribution < 1.29 is 9.59 Å². The van der Waals surface area contributed by atoms with Gasteiger partial charge in [0.05, 0.1) is 0 Å². The Kier molecular flexibility index (Phi) is 8.58. The maximum atomic E-state index is 12.2. The molecule has 1 aromatic rings. The summed E-state index contributed by atoms with van der Waals surface area (Å²) in [4.78, 5) is 26.3. The van der Waals surface area contributed by atoms with Crippen LogP contribution in [0.3, 0.4) is 0 Å². The second-order valence-electron chi connectivity index (χ2n) is 7.27. The molecule has 0 bridgehead atoms. The van der Waals surface area contributed by atoms with E-state index in [1.165, 1.54) is 0 Å². The number of nitrogens with one attached hydrogen (secondary N) is 3. The van der Waals surface area contributed by atoms with Crippen LogP contribution in [0, 0.1) is 5.92 Å². The Bertz CT molecular complexity index is 583. The quantitative estimate of drug-likeness (QED) is 0.622. The molecule has 0 atom stereocenters. The van der Waals surface area contributed by atoms with Crippen molar-refractivity contribution in [2.75, 3.05) is 40.3 Å². The summed E-state index contributed by atoms with van der Waals surface area (Å²) >= 11 is 0. The monoisotopic (exact) mass is 360 g/mol. The summed E-state index contributed by atoms with van der Waals surface area (Å²) < 4.78 is 0. The van der Waals surface area contributed by atoms with Crippen LogP contribution in [-0.4, -0.2) is 57.0 Å². The van der Waals surface area contributed by atoms with Crippen LogP contribution in [0.25, 0.3) is 0 Å². The molecule has 0 aliphatic carbocycles. The highest BCUT2D eigenvalue weighted by Crippen LogP contribution is 2.17. The molecule has 0 spiro atoms. The number of carbonyl (C=O) groups is 2. The van der Waals surface area contributed by atoms with Crippen LogP contribution < -0.4 is 16.0 Å². The predicted molar refractivity (Wildman–Crippen MR) is 104 cm³/mol. The minimum Gasteiger partial charge on any atom is -0.352 e. The molecular weight excluding hydrogens is 328 g/mol. The van der Waals surface area contributed by atoms with Gasteiger partial charge in [-0.05, 0) is 70.1 Å². The van der Waals surface area contributed by atoms with Crippen molar-refractivity contribution in [3.8, 4) is 0 Å². The van der Waals surface area contributed by atoms with Gasteiger partial charge in [-0.25, -0.2) is 0 Å². The third-order valence-electron chi connectivity index (χ3n) is 4.76. The molecular formula is C20H32N4O2. The Morgan fingerprint density at radius 1 is 1.19 bits per heavy atom.